The van der Waals surface area contributed by atoms with Crippen LogP contribution in [0.3, 0.4) is 0 Å². The number of amides is 3. The molecule has 3 amide bonds. The van der Waals surface area contributed by atoms with Crippen LogP contribution in [0.4, 0.5) is 5.69 Å². The van der Waals surface area contributed by atoms with Crippen LogP contribution < -0.4 is 21.3 Å². The first-order chi connectivity index (χ1) is 20.3. The second kappa shape index (κ2) is 17.8. The summed E-state index contributed by atoms with van der Waals surface area (Å²) in [5, 5.41) is 35.6. The number of aliphatic hydroxyl groups excluding tert-OH is 2. The zero-order valence-electron chi connectivity index (χ0n) is 27.0. The van der Waals surface area contributed by atoms with Gasteiger partial charge in [0.05, 0.1) is 24.2 Å². The van der Waals surface area contributed by atoms with Crippen molar-refractivity contribution >= 4 is 34.2 Å². The Balaban J connectivity index is 2.14. The van der Waals surface area contributed by atoms with Crippen molar-refractivity contribution in [1.82, 2.24) is 16.0 Å². The number of benzene rings is 2. The number of hydrogen-bond acceptors (Lipinski definition) is 6. The van der Waals surface area contributed by atoms with Gasteiger partial charge in [-0.1, -0.05) is 83.9 Å². The second-order valence-corrected chi connectivity index (χ2v) is 12.6. The lowest BCUT2D eigenvalue weighted by molar-refractivity contribution is -0.131. The van der Waals surface area contributed by atoms with E-state index in [2.05, 4.69) is 21.3 Å². The molecular formula is C34H54N4O5. The molecule has 43 heavy (non-hydrogen) atoms. The fraction of sp³-hybridized carbons (Fsp3) is 0.618. The van der Waals surface area contributed by atoms with Crippen molar-refractivity contribution in [3.63, 3.8) is 0 Å². The fourth-order valence-corrected chi connectivity index (χ4v) is 5.11. The number of rotatable bonds is 18. The van der Waals surface area contributed by atoms with E-state index in [1.165, 1.54) is 6.92 Å². The van der Waals surface area contributed by atoms with Crippen LogP contribution in [-0.2, 0) is 14.4 Å². The molecule has 0 aliphatic carbocycles. The Bertz CT molecular complexity index is 1160. The molecule has 9 nitrogen and oxygen atoms in total. The first kappa shape index (κ1) is 36.0. The van der Waals surface area contributed by atoms with Crippen LogP contribution in [0.15, 0.2) is 42.5 Å². The molecule has 2 aromatic carbocycles. The predicted octanol–water partition coefficient (Wildman–Crippen LogP) is 4.37. The number of unbranched alkanes of at least 4 members (excludes halogenated alkanes) is 1. The van der Waals surface area contributed by atoms with Crippen molar-refractivity contribution in [3.8, 4) is 0 Å². The molecule has 2 rings (SSSR count). The molecule has 240 valence electrons. The summed E-state index contributed by atoms with van der Waals surface area (Å²) in [5.41, 5.74) is 0.834. The van der Waals surface area contributed by atoms with Gasteiger partial charge in [-0.3, -0.25) is 14.4 Å². The Labute approximate surface area is 257 Å². The maximum Gasteiger partial charge on any atom is 0.242 e. The van der Waals surface area contributed by atoms with E-state index in [0.717, 1.165) is 29.3 Å². The normalized spacial score (nSPS) is 15.8. The Morgan fingerprint density at radius 1 is 0.791 bits per heavy atom. The minimum absolute atomic E-state index is 0.00274. The topological polar surface area (TPSA) is 140 Å². The van der Waals surface area contributed by atoms with Gasteiger partial charge in [0.2, 0.25) is 17.7 Å². The molecule has 0 heterocycles. The van der Waals surface area contributed by atoms with E-state index in [4.69, 9.17) is 0 Å². The quantitative estimate of drug-likeness (QED) is 0.151. The van der Waals surface area contributed by atoms with Gasteiger partial charge >= 0.3 is 0 Å². The van der Waals surface area contributed by atoms with E-state index in [1.807, 2.05) is 77.1 Å². The number of hydrogen-bond donors (Lipinski definition) is 6. The number of nitrogens with one attached hydrogen (secondary N) is 4. The molecule has 0 spiro atoms. The molecule has 9 heteroatoms. The van der Waals surface area contributed by atoms with Crippen molar-refractivity contribution in [3.05, 3.63) is 42.5 Å². The third-order valence-electron chi connectivity index (χ3n) is 7.65. The maximum absolute atomic E-state index is 13.6. The molecule has 0 aliphatic heterocycles. The van der Waals surface area contributed by atoms with Gasteiger partial charge in [-0.05, 0) is 56.4 Å². The molecule has 0 aliphatic rings. The van der Waals surface area contributed by atoms with Crippen LogP contribution >= 0.6 is 0 Å². The first-order valence-corrected chi connectivity index (χ1v) is 15.8. The summed E-state index contributed by atoms with van der Waals surface area (Å²) in [6, 6.07) is 11.8. The molecule has 2 aromatic rings. The van der Waals surface area contributed by atoms with Crippen LogP contribution in [0.1, 0.15) is 80.6 Å². The van der Waals surface area contributed by atoms with Crippen LogP contribution in [0.5, 0.6) is 0 Å². The summed E-state index contributed by atoms with van der Waals surface area (Å²) in [5.74, 6) is -1.43. The van der Waals surface area contributed by atoms with Gasteiger partial charge in [0, 0.05) is 17.6 Å². The van der Waals surface area contributed by atoms with Crippen LogP contribution in [0.25, 0.3) is 10.8 Å². The zero-order valence-corrected chi connectivity index (χ0v) is 27.0. The van der Waals surface area contributed by atoms with Crippen molar-refractivity contribution < 1.29 is 24.6 Å². The molecule has 6 N–H and O–H groups in total. The molecular weight excluding hydrogens is 544 g/mol. The van der Waals surface area contributed by atoms with E-state index in [9.17, 15) is 24.6 Å². The van der Waals surface area contributed by atoms with E-state index in [-0.39, 0.29) is 36.0 Å². The maximum atomic E-state index is 13.6. The average Bonchev–Trinajstić information content (AvgIpc) is 2.95. The molecule has 0 bridgehead atoms. The first-order valence-electron chi connectivity index (χ1n) is 15.8. The van der Waals surface area contributed by atoms with Gasteiger partial charge in [-0.2, -0.15) is 0 Å². The van der Waals surface area contributed by atoms with Crippen molar-refractivity contribution in [2.75, 3.05) is 11.9 Å². The molecule has 3 unspecified atom stereocenters. The fourth-order valence-electron chi connectivity index (χ4n) is 5.11. The number of carbonyl (C=O) groups is 3. The Morgan fingerprint density at radius 2 is 1.47 bits per heavy atom. The predicted molar refractivity (Wildman–Crippen MR) is 174 cm³/mol. The zero-order chi connectivity index (χ0) is 32.1. The van der Waals surface area contributed by atoms with E-state index in [1.54, 1.807) is 6.92 Å². The molecule has 0 saturated heterocycles. The largest absolute Gasteiger partial charge is 0.393 e. The van der Waals surface area contributed by atoms with E-state index < -0.39 is 36.3 Å². The smallest absolute Gasteiger partial charge is 0.242 e. The Hall–Kier alpha value is -3.17. The second-order valence-electron chi connectivity index (χ2n) is 12.6. The molecule has 0 saturated carbocycles. The summed E-state index contributed by atoms with van der Waals surface area (Å²) in [6.45, 7) is 13.7. The van der Waals surface area contributed by atoms with Crippen molar-refractivity contribution in [1.29, 1.82) is 0 Å². The van der Waals surface area contributed by atoms with Gasteiger partial charge in [0.15, 0.2) is 0 Å². The number of fused-ring (bicyclic) bond motifs is 1. The van der Waals surface area contributed by atoms with Crippen LogP contribution in [0, 0.1) is 17.8 Å². The van der Waals surface area contributed by atoms with Gasteiger partial charge < -0.3 is 31.5 Å². The van der Waals surface area contributed by atoms with Crippen molar-refractivity contribution in [2.45, 2.75) is 111 Å². The van der Waals surface area contributed by atoms with Gasteiger partial charge in [0.25, 0.3) is 0 Å². The highest BCUT2D eigenvalue weighted by molar-refractivity contribution is 5.96. The molecule has 0 radical (unpaired) electrons. The summed E-state index contributed by atoms with van der Waals surface area (Å²) >= 11 is 0. The summed E-state index contributed by atoms with van der Waals surface area (Å²) in [7, 11) is 0. The number of aliphatic hydroxyl groups is 2. The lowest BCUT2D eigenvalue weighted by Crippen LogP contribution is -2.55. The van der Waals surface area contributed by atoms with Gasteiger partial charge in [0.1, 0.15) is 12.1 Å². The number of carbonyl (C=O) groups excluding carboxylic acids is 3. The molecule has 0 aromatic heterocycles. The van der Waals surface area contributed by atoms with Crippen LogP contribution in [-0.4, -0.2) is 64.8 Å². The summed E-state index contributed by atoms with van der Waals surface area (Å²) in [6.07, 6.45) is 0.477. The monoisotopic (exact) mass is 598 g/mol. The van der Waals surface area contributed by atoms with Gasteiger partial charge in [-0.15, -0.1) is 0 Å². The standard InChI is InChI=1S/C34H54N4O5/c1-8-9-16-29(37-32(41)23(6)36-28-17-12-14-25-13-10-11-15-26(25)28)34(43)38-30(18-21(2)3)31(40)19-27(24(7)39)33(42)35-20-22(4)5/h10-15,17,21-24,27,29-31,36,39-40H,8-9,16,18-20H2,1-7H3,(H,35,42)(H,37,41)(H,38,43)/t23?,24?,27?,29-,30-,31-/m0/s1. The summed E-state index contributed by atoms with van der Waals surface area (Å²) < 4.78 is 0. The lowest BCUT2D eigenvalue weighted by Gasteiger charge is -2.31. The third kappa shape index (κ3) is 11.8. The third-order valence-corrected chi connectivity index (χ3v) is 7.65. The summed E-state index contributed by atoms with van der Waals surface area (Å²) in [4.78, 5) is 39.7. The minimum Gasteiger partial charge on any atom is -0.393 e. The van der Waals surface area contributed by atoms with Crippen molar-refractivity contribution in [2.24, 2.45) is 17.8 Å². The SMILES string of the molecule is CCCC[C@H](NC(=O)C(C)Nc1cccc2ccccc12)C(=O)N[C@@H](CC(C)C)[C@@H](O)CC(C(=O)NCC(C)C)C(C)O. The van der Waals surface area contributed by atoms with Gasteiger partial charge in [-0.25, -0.2) is 0 Å². The van der Waals surface area contributed by atoms with Crippen LogP contribution in [0.2, 0.25) is 0 Å². The highest BCUT2D eigenvalue weighted by atomic mass is 16.3. The van der Waals surface area contributed by atoms with E-state index in [0.29, 0.717) is 19.4 Å². The molecule has 6 atom stereocenters. The Kier molecular flexibility index (Phi) is 14.9. The average molecular weight is 599 g/mol. The van der Waals surface area contributed by atoms with E-state index >= 15 is 0 Å². The minimum atomic E-state index is -1.06. The highest BCUT2D eigenvalue weighted by Crippen LogP contribution is 2.24. The highest BCUT2D eigenvalue weighted by Gasteiger charge is 2.33. The molecule has 0 fully saturated rings. The lowest BCUT2D eigenvalue weighted by atomic mass is 9.89. The number of anilines is 1. The Morgan fingerprint density at radius 3 is 2.09 bits per heavy atom.